The fraction of sp³-hybridized carbons (Fsp3) is 0.714. The number of hydrogen-bond acceptors (Lipinski definition) is 2. The molecule has 0 aromatic rings. The molecule has 54 valence electrons. The Labute approximate surface area is 57.5 Å². The summed E-state index contributed by atoms with van der Waals surface area (Å²) >= 11 is 0. The van der Waals surface area contributed by atoms with Crippen LogP contribution in [0.15, 0.2) is 11.8 Å². The minimum Gasteiger partial charge on any atom is -0.324 e. The molecule has 0 unspecified atom stereocenters. The lowest BCUT2D eigenvalue weighted by atomic mass is 10.3. The number of hydrogen-bond donors (Lipinski definition) is 1. The maximum atomic E-state index is 3.17. The van der Waals surface area contributed by atoms with Gasteiger partial charge in [-0.3, -0.25) is 0 Å². The first kappa shape index (κ1) is 8.50. The molecule has 9 heavy (non-hydrogen) atoms. The van der Waals surface area contributed by atoms with E-state index in [1.807, 2.05) is 26.0 Å². The van der Waals surface area contributed by atoms with E-state index in [-0.39, 0.29) is 0 Å². The quantitative estimate of drug-likeness (QED) is 0.577. The number of nitrogens with one attached hydrogen (secondary N) is 1. The molecule has 1 N–H and O–H groups in total. The minimum absolute atomic E-state index is 1.06. The summed E-state index contributed by atoms with van der Waals surface area (Å²) in [7, 11) is 3.97. The van der Waals surface area contributed by atoms with Gasteiger partial charge in [0, 0.05) is 19.8 Å². The monoisotopic (exact) mass is 128 g/mol. The van der Waals surface area contributed by atoms with Gasteiger partial charge in [0.25, 0.3) is 0 Å². The highest BCUT2D eigenvalue weighted by atomic mass is 15.5. The van der Waals surface area contributed by atoms with Crippen molar-refractivity contribution in [1.82, 2.24) is 10.4 Å². The van der Waals surface area contributed by atoms with Gasteiger partial charge in [0.1, 0.15) is 0 Å². The average Bonchev–Trinajstić information content (AvgIpc) is 1.82. The summed E-state index contributed by atoms with van der Waals surface area (Å²) in [5.41, 5.74) is 4.44. The Kier molecular flexibility index (Phi) is 4.14. The summed E-state index contributed by atoms with van der Waals surface area (Å²) in [6.07, 6.45) is 3.15. The van der Waals surface area contributed by atoms with Crippen molar-refractivity contribution in [3.05, 3.63) is 11.8 Å². The zero-order valence-electron chi connectivity index (χ0n) is 6.73. The highest BCUT2D eigenvalue weighted by Crippen LogP contribution is 1.93. The number of rotatable bonds is 3. The Morgan fingerprint density at radius 2 is 2.11 bits per heavy atom. The fourth-order valence-electron chi connectivity index (χ4n) is 0.635. The molecular weight excluding hydrogens is 112 g/mol. The molecule has 0 aromatic heterocycles. The van der Waals surface area contributed by atoms with Crippen molar-refractivity contribution in [1.29, 1.82) is 0 Å². The molecule has 0 saturated heterocycles. The van der Waals surface area contributed by atoms with Crippen LogP contribution in [-0.4, -0.2) is 19.1 Å². The molecule has 0 heterocycles. The molecule has 0 saturated carbocycles. The smallest absolute Gasteiger partial charge is 0.0218 e. The van der Waals surface area contributed by atoms with E-state index in [9.17, 15) is 0 Å². The third-order valence-electron chi connectivity index (χ3n) is 1.10. The van der Waals surface area contributed by atoms with Gasteiger partial charge in [-0.1, -0.05) is 13.0 Å². The Hall–Kier alpha value is -0.500. The molecule has 2 nitrogen and oxygen atoms in total. The molecule has 0 aromatic carbocycles. The fourth-order valence-corrected chi connectivity index (χ4v) is 0.635. The van der Waals surface area contributed by atoms with Crippen molar-refractivity contribution >= 4 is 0 Å². The van der Waals surface area contributed by atoms with Crippen LogP contribution in [0.25, 0.3) is 0 Å². The van der Waals surface area contributed by atoms with E-state index in [0.29, 0.717) is 0 Å². The first-order valence-corrected chi connectivity index (χ1v) is 3.29. The molecule has 0 aliphatic carbocycles. The standard InChI is InChI=1S/C7H16N2/c1-5-7(6-2)8-9(3)4/h5,8H,6H2,1-4H3/b7-5-. The molecule has 0 spiro atoms. The summed E-state index contributed by atoms with van der Waals surface area (Å²) in [5.74, 6) is 0. The summed E-state index contributed by atoms with van der Waals surface area (Å²) in [6, 6.07) is 0. The Bertz CT molecular complexity index is 95.1. The second-order valence-corrected chi connectivity index (χ2v) is 2.17. The predicted molar refractivity (Wildman–Crippen MR) is 40.9 cm³/mol. The van der Waals surface area contributed by atoms with Crippen molar-refractivity contribution in [3.63, 3.8) is 0 Å². The maximum absolute atomic E-state index is 3.17. The first-order chi connectivity index (χ1) is 4.20. The van der Waals surface area contributed by atoms with Crippen LogP contribution in [0.5, 0.6) is 0 Å². The van der Waals surface area contributed by atoms with Crippen LogP contribution >= 0.6 is 0 Å². The van der Waals surface area contributed by atoms with Crippen molar-refractivity contribution in [2.75, 3.05) is 14.1 Å². The number of allylic oxidation sites excluding steroid dienone is 2. The van der Waals surface area contributed by atoms with Gasteiger partial charge in [0.15, 0.2) is 0 Å². The van der Waals surface area contributed by atoms with E-state index in [4.69, 9.17) is 0 Å². The van der Waals surface area contributed by atoms with E-state index in [1.54, 1.807) is 0 Å². The molecule has 0 aliphatic rings. The van der Waals surface area contributed by atoms with Crippen LogP contribution in [0.2, 0.25) is 0 Å². The molecule has 2 heteroatoms. The highest BCUT2D eigenvalue weighted by Gasteiger charge is 1.89. The lowest BCUT2D eigenvalue weighted by Gasteiger charge is -2.14. The second-order valence-electron chi connectivity index (χ2n) is 2.17. The molecule has 0 rings (SSSR count). The maximum Gasteiger partial charge on any atom is 0.0218 e. The van der Waals surface area contributed by atoms with Gasteiger partial charge < -0.3 is 5.43 Å². The molecule has 0 amide bonds. The Morgan fingerprint density at radius 3 is 2.22 bits per heavy atom. The van der Waals surface area contributed by atoms with Crippen LogP contribution in [0.4, 0.5) is 0 Å². The van der Waals surface area contributed by atoms with E-state index in [1.165, 1.54) is 5.70 Å². The minimum atomic E-state index is 1.06. The molecule has 0 radical (unpaired) electrons. The molecule has 0 fully saturated rings. The van der Waals surface area contributed by atoms with Crippen LogP contribution in [0.3, 0.4) is 0 Å². The molecule has 0 bridgehead atoms. The molecule has 0 atom stereocenters. The van der Waals surface area contributed by atoms with E-state index < -0.39 is 0 Å². The van der Waals surface area contributed by atoms with Crippen molar-refractivity contribution < 1.29 is 0 Å². The lowest BCUT2D eigenvalue weighted by Crippen LogP contribution is -2.29. The normalized spacial score (nSPS) is 12.3. The average molecular weight is 128 g/mol. The number of hydrazine groups is 1. The zero-order chi connectivity index (χ0) is 7.28. The van der Waals surface area contributed by atoms with Gasteiger partial charge in [0.2, 0.25) is 0 Å². The van der Waals surface area contributed by atoms with Crippen molar-refractivity contribution in [2.24, 2.45) is 0 Å². The van der Waals surface area contributed by atoms with Gasteiger partial charge >= 0.3 is 0 Å². The van der Waals surface area contributed by atoms with Gasteiger partial charge in [0.05, 0.1) is 0 Å². The van der Waals surface area contributed by atoms with Crippen LogP contribution < -0.4 is 5.43 Å². The summed E-state index contributed by atoms with van der Waals surface area (Å²) in [4.78, 5) is 0. The third-order valence-corrected chi connectivity index (χ3v) is 1.10. The summed E-state index contributed by atoms with van der Waals surface area (Å²) in [5, 5.41) is 1.94. The second kappa shape index (κ2) is 4.39. The van der Waals surface area contributed by atoms with Gasteiger partial charge in [-0.2, -0.15) is 0 Å². The highest BCUT2D eigenvalue weighted by molar-refractivity contribution is 4.94. The summed E-state index contributed by atoms with van der Waals surface area (Å²) < 4.78 is 0. The van der Waals surface area contributed by atoms with E-state index in [0.717, 1.165) is 6.42 Å². The number of nitrogens with zero attached hydrogens (tertiary/aromatic N) is 1. The Morgan fingerprint density at radius 1 is 1.56 bits per heavy atom. The third kappa shape index (κ3) is 4.03. The Balaban J connectivity index is 3.58. The van der Waals surface area contributed by atoms with E-state index >= 15 is 0 Å². The SMILES string of the molecule is C/C=C(/CC)NN(C)C. The van der Waals surface area contributed by atoms with Gasteiger partial charge in [-0.05, 0) is 13.3 Å². The van der Waals surface area contributed by atoms with Crippen LogP contribution in [-0.2, 0) is 0 Å². The van der Waals surface area contributed by atoms with E-state index in [2.05, 4.69) is 18.4 Å². The first-order valence-electron chi connectivity index (χ1n) is 3.29. The van der Waals surface area contributed by atoms with Crippen LogP contribution in [0.1, 0.15) is 20.3 Å². The summed E-state index contributed by atoms with van der Waals surface area (Å²) in [6.45, 7) is 4.17. The van der Waals surface area contributed by atoms with Crippen LogP contribution in [0, 0.1) is 0 Å². The molecule has 0 aliphatic heterocycles. The van der Waals surface area contributed by atoms with Gasteiger partial charge in [-0.15, -0.1) is 0 Å². The van der Waals surface area contributed by atoms with Gasteiger partial charge in [-0.25, -0.2) is 5.01 Å². The lowest BCUT2D eigenvalue weighted by molar-refractivity contribution is 0.323. The zero-order valence-corrected chi connectivity index (χ0v) is 6.73. The van der Waals surface area contributed by atoms with Crippen molar-refractivity contribution in [2.45, 2.75) is 20.3 Å². The van der Waals surface area contributed by atoms with Crippen molar-refractivity contribution in [3.8, 4) is 0 Å². The molecular formula is C7H16N2. The largest absolute Gasteiger partial charge is 0.324 e. The topological polar surface area (TPSA) is 15.3 Å². The predicted octanol–water partition coefficient (Wildman–Crippen LogP) is 1.37.